The molecule has 1 aliphatic heterocycles. The highest BCUT2D eigenvalue weighted by atomic mass is 16.2. The van der Waals surface area contributed by atoms with Crippen molar-refractivity contribution in [2.24, 2.45) is 0 Å². The van der Waals surface area contributed by atoms with Crippen molar-refractivity contribution in [3.05, 3.63) is 36.9 Å². The van der Waals surface area contributed by atoms with E-state index in [1.54, 1.807) is 24.7 Å². The number of carbonyl (C=O) groups is 1. The maximum Gasteiger partial charge on any atom is 0.222 e. The predicted octanol–water partition coefficient (Wildman–Crippen LogP) is 1.95. The van der Waals surface area contributed by atoms with Crippen LogP contribution in [0.5, 0.6) is 0 Å². The molecule has 3 rings (SSSR count). The number of piperidine rings is 1. The van der Waals surface area contributed by atoms with Crippen molar-refractivity contribution in [3.8, 4) is 0 Å². The van der Waals surface area contributed by atoms with Crippen LogP contribution in [-0.2, 0) is 11.3 Å². The molecule has 24 heavy (non-hydrogen) atoms. The molecule has 0 spiro atoms. The molecule has 2 aromatic rings. The number of amides is 1. The van der Waals surface area contributed by atoms with Crippen LogP contribution in [0.25, 0.3) is 0 Å². The van der Waals surface area contributed by atoms with Crippen LogP contribution in [0.4, 0.5) is 5.95 Å². The zero-order chi connectivity index (χ0) is 16.6. The Morgan fingerprint density at radius 3 is 2.88 bits per heavy atom. The van der Waals surface area contributed by atoms with Crippen LogP contribution >= 0.6 is 0 Å². The van der Waals surface area contributed by atoms with E-state index < -0.39 is 0 Å². The van der Waals surface area contributed by atoms with Gasteiger partial charge in [-0.15, -0.1) is 0 Å². The lowest BCUT2D eigenvalue weighted by Gasteiger charge is -2.36. The summed E-state index contributed by atoms with van der Waals surface area (Å²) >= 11 is 0. The number of nitrogens with one attached hydrogen (secondary N) is 1. The lowest BCUT2D eigenvalue weighted by Crippen LogP contribution is -2.45. The van der Waals surface area contributed by atoms with Crippen LogP contribution in [0, 0.1) is 0 Å². The molecule has 2 aromatic heterocycles. The molecule has 1 amide bonds. The smallest absolute Gasteiger partial charge is 0.222 e. The summed E-state index contributed by atoms with van der Waals surface area (Å²) in [5, 5.41) is 7.41. The largest absolute Gasteiger partial charge is 0.354 e. The minimum Gasteiger partial charge on any atom is -0.354 e. The summed E-state index contributed by atoms with van der Waals surface area (Å²) < 4.78 is 1.92. The van der Waals surface area contributed by atoms with Gasteiger partial charge in [0.2, 0.25) is 11.9 Å². The molecule has 0 aliphatic carbocycles. The van der Waals surface area contributed by atoms with Gasteiger partial charge in [0.05, 0.1) is 12.6 Å². The van der Waals surface area contributed by atoms with Gasteiger partial charge in [0, 0.05) is 44.3 Å². The molecule has 0 aromatic carbocycles. The highest BCUT2D eigenvalue weighted by Crippen LogP contribution is 2.19. The van der Waals surface area contributed by atoms with E-state index in [0.717, 1.165) is 32.4 Å². The van der Waals surface area contributed by atoms with Crippen molar-refractivity contribution in [1.82, 2.24) is 24.6 Å². The molecule has 0 radical (unpaired) electrons. The van der Waals surface area contributed by atoms with E-state index in [-0.39, 0.29) is 11.9 Å². The number of hydrogen-bond donors (Lipinski definition) is 1. The summed E-state index contributed by atoms with van der Waals surface area (Å²) in [6.45, 7) is 2.35. The molecule has 1 fully saturated rings. The van der Waals surface area contributed by atoms with Crippen molar-refractivity contribution in [2.45, 2.75) is 44.7 Å². The van der Waals surface area contributed by atoms with Crippen molar-refractivity contribution in [3.63, 3.8) is 0 Å². The minimum absolute atomic E-state index is 0.239. The van der Waals surface area contributed by atoms with E-state index in [1.807, 2.05) is 21.8 Å². The number of aromatic nitrogens is 4. The first-order valence-corrected chi connectivity index (χ1v) is 8.61. The highest BCUT2D eigenvalue weighted by Gasteiger charge is 2.26. The van der Waals surface area contributed by atoms with Crippen molar-refractivity contribution in [2.75, 3.05) is 18.4 Å². The first-order valence-electron chi connectivity index (χ1n) is 8.61. The summed E-state index contributed by atoms with van der Waals surface area (Å²) in [7, 11) is 0. The molecule has 0 bridgehead atoms. The third kappa shape index (κ3) is 4.53. The van der Waals surface area contributed by atoms with Gasteiger partial charge in [0.1, 0.15) is 0 Å². The number of anilines is 1. The Bertz CT molecular complexity index is 615. The maximum absolute atomic E-state index is 12.6. The van der Waals surface area contributed by atoms with Crippen molar-refractivity contribution >= 4 is 11.9 Å². The second-order valence-corrected chi connectivity index (χ2v) is 6.07. The van der Waals surface area contributed by atoms with Gasteiger partial charge in [0.15, 0.2) is 0 Å². The normalized spacial score (nSPS) is 17.7. The molecule has 7 nitrogen and oxygen atoms in total. The Hall–Kier alpha value is -2.44. The predicted molar refractivity (Wildman–Crippen MR) is 91.3 cm³/mol. The number of nitrogens with zero attached hydrogens (tertiary/aromatic N) is 5. The molecule has 128 valence electrons. The summed E-state index contributed by atoms with van der Waals surface area (Å²) in [4.78, 5) is 22.9. The minimum atomic E-state index is 0.239. The summed E-state index contributed by atoms with van der Waals surface area (Å²) in [5.74, 6) is 0.849. The Balaban J connectivity index is 1.45. The lowest BCUT2D eigenvalue weighted by atomic mass is 10.0. The second-order valence-electron chi connectivity index (χ2n) is 6.07. The fourth-order valence-corrected chi connectivity index (χ4v) is 3.12. The molecule has 0 saturated carbocycles. The van der Waals surface area contributed by atoms with Gasteiger partial charge in [-0.05, 0) is 37.8 Å². The summed E-state index contributed by atoms with van der Waals surface area (Å²) in [6, 6.07) is 3.97. The first-order chi connectivity index (χ1) is 11.8. The number of rotatable bonds is 7. The Kier molecular flexibility index (Phi) is 5.76. The molecular formula is C17H24N6O. The van der Waals surface area contributed by atoms with E-state index in [2.05, 4.69) is 20.4 Å². The molecule has 1 atom stereocenters. The van der Waals surface area contributed by atoms with Gasteiger partial charge in [-0.25, -0.2) is 9.97 Å². The third-order valence-electron chi connectivity index (χ3n) is 4.32. The third-order valence-corrected chi connectivity index (χ3v) is 4.32. The Morgan fingerprint density at radius 2 is 2.08 bits per heavy atom. The van der Waals surface area contributed by atoms with E-state index in [9.17, 15) is 4.79 Å². The molecule has 7 heteroatoms. The molecular weight excluding hydrogens is 304 g/mol. The summed E-state index contributed by atoms with van der Waals surface area (Å²) in [6.07, 6.45) is 11.8. The van der Waals surface area contributed by atoms with Gasteiger partial charge in [-0.1, -0.05) is 0 Å². The van der Waals surface area contributed by atoms with E-state index in [4.69, 9.17) is 0 Å². The second kappa shape index (κ2) is 8.42. The monoisotopic (exact) mass is 328 g/mol. The van der Waals surface area contributed by atoms with Crippen LogP contribution in [0.15, 0.2) is 36.9 Å². The van der Waals surface area contributed by atoms with Crippen LogP contribution in [0.1, 0.15) is 32.1 Å². The van der Waals surface area contributed by atoms with Crippen LogP contribution in [0.3, 0.4) is 0 Å². The average molecular weight is 328 g/mol. The van der Waals surface area contributed by atoms with Crippen LogP contribution in [0.2, 0.25) is 0 Å². The lowest BCUT2D eigenvalue weighted by molar-refractivity contribution is -0.135. The Morgan fingerprint density at radius 1 is 1.21 bits per heavy atom. The van der Waals surface area contributed by atoms with E-state index in [0.29, 0.717) is 18.9 Å². The molecule has 1 aliphatic rings. The van der Waals surface area contributed by atoms with Crippen LogP contribution < -0.4 is 5.32 Å². The fraction of sp³-hybridized carbons (Fsp3) is 0.529. The van der Waals surface area contributed by atoms with Gasteiger partial charge in [0.25, 0.3) is 0 Å². The van der Waals surface area contributed by atoms with Crippen molar-refractivity contribution in [1.29, 1.82) is 0 Å². The molecule has 1 saturated heterocycles. The van der Waals surface area contributed by atoms with Crippen molar-refractivity contribution < 1.29 is 4.79 Å². The maximum atomic E-state index is 12.6. The van der Waals surface area contributed by atoms with Gasteiger partial charge in [-0.3, -0.25) is 9.48 Å². The van der Waals surface area contributed by atoms with Gasteiger partial charge < -0.3 is 10.2 Å². The molecule has 1 N–H and O–H groups in total. The van der Waals surface area contributed by atoms with Gasteiger partial charge in [-0.2, -0.15) is 5.10 Å². The summed E-state index contributed by atoms with van der Waals surface area (Å²) in [5.41, 5.74) is 0. The fourth-order valence-electron chi connectivity index (χ4n) is 3.12. The topological polar surface area (TPSA) is 75.9 Å². The van der Waals surface area contributed by atoms with Gasteiger partial charge >= 0.3 is 0 Å². The Labute approximate surface area is 142 Å². The zero-order valence-electron chi connectivity index (χ0n) is 13.8. The van der Waals surface area contributed by atoms with E-state index in [1.165, 1.54) is 6.42 Å². The van der Waals surface area contributed by atoms with E-state index >= 15 is 0 Å². The highest BCUT2D eigenvalue weighted by molar-refractivity contribution is 5.76. The first kappa shape index (κ1) is 16.4. The number of carbonyl (C=O) groups excluding carboxylic acids is 1. The SMILES string of the molecule is O=C(CCCNc1ncccn1)N1CCCC[C@H]1Cn1cccn1. The molecule has 3 heterocycles. The quantitative estimate of drug-likeness (QED) is 0.786. The zero-order valence-corrected chi connectivity index (χ0v) is 13.8. The number of likely N-dealkylation sites (tertiary alicyclic amines) is 1. The number of hydrogen-bond acceptors (Lipinski definition) is 5. The van der Waals surface area contributed by atoms with Crippen LogP contribution in [-0.4, -0.2) is 49.7 Å². The average Bonchev–Trinajstić information content (AvgIpc) is 3.13. The molecule has 0 unspecified atom stereocenters. The standard InChI is InChI=1S/C17H24N6O/c24-16(7-3-8-18-17-19-9-4-10-20-17)23-13-2-1-6-15(23)14-22-12-5-11-21-22/h4-5,9-12,15H,1-3,6-8,13-14H2,(H,18,19,20)/t15-/m0/s1.